The second-order valence-electron chi connectivity index (χ2n) is 7.51. The van der Waals surface area contributed by atoms with Gasteiger partial charge in [0, 0.05) is 31.5 Å². The number of rotatable bonds is 5. The van der Waals surface area contributed by atoms with E-state index in [0.29, 0.717) is 31.6 Å². The minimum Gasteiger partial charge on any atom is -0.449 e. The molecule has 166 valence electrons. The summed E-state index contributed by atoms with van der Waals surface area (Å²) in [4.78, 5) is 25.5. The summed E-state index contributed by atoms with van der Waals surface area (Å²) < 4.78 is 82.5. The minimum absolute atomic E-state index is 0.0387. The molecular formula is C19H20F6N2O3. The number of nitrogens with zero attached hydrogens (tertiary/aromatic N) is 1. The van der Waals surface area contributed by atoms with Crippen molar-refractivity contribution >= 4 is 12.0 Å². The van der Waals surface area contributed by atoms with Gasteiger partial charge in [0.2, 0.25) is 5.91 Å². The number of amides is 2. The third-order valence-electron chi connectivity index (χ3n) is 5.16. The van der Waals surface area contributed by atoms with E-state index in [4.69, 9.17) is 4.74 Å². The number of alkyl halides is 6. The normalized spacial score (nSPS) is 21.5. The Morgan fingerprint density at radius 2 is 1.57 bits per heavy atom. The molecule has 1 aliphatic carbocycles. The molecule has 1 saturated carbocycles. The molecule has 30 heavy (non-hydrogen) atoms. The van der Waals surface area contributed by atoms with Gasteiger partial charge in [-0.2, -0.15) is 26.3 Å². The van der Waals surface area contributed by atoms with E-state index in [0.717, 1.165) is 12.8 Å². The zero-order chi connectivity index (χ0) is 22.1. The van der Waals surface area contributed by atoms with E-state index >= 15 is 0 Å². The average Bonchev–Trinajstić information content (AvgIpc) is 3.22. The molecule has 0 radical (unpaired) electrons. The monoisotopic (exact) mass is 438 g/mol. The van der Waals surface area contributed by atoms with Gasteiger partial charge in [0.15, 0.2) is 0 Å². The second kappa shape index (κ2) is 8.35. The summed E-state index contributed by atoms with van der Waals surface area (Å²) in [6.45, 7) is 0.840. The standard InChI is InChI=1S/C19H20F6N2O3/c20-18(21,22)13-5-11(6-14(8-13)19(23,24)25)9-26-16(28)15-7-12(15)10-30-17(29)27-3-1-2-4-27/h5-6,8,12,15H,1-4,7,9-10H2,(H,26,28). The quantitative estimate of drug-likeness (QED) is 0.701. The Labute approximate surface area is 168 Å². The number of benzene rings is 1. The maximum Gasteiger partial charge on any atom is 0.416 e. The number of ether oxygens (including phenoxy) is 1. The maximum atomic E-state index is 12.9. The fourth-order valence-corrected chi connectivity index (χ4v) is 3.36. The molecule has 0 bridgehead atoms. The van der Waals surface area contributed by atoms with Gasteiger partial charge in [-0.15, -0.1) is 0 Å². The highest BCUT2D eigenvalue weighted by atomic mass is 19.4. The van der Waals surface area contributed by atoms with Crippen molar-refractivity contribution in [3.05, 3.63) is 34.9 Å². The number of hydrogen-bond donors (Lipinski definition) is 1. The number of carbonyl (C=O) groups excluding carboxylic acids is 2. The van der Waals surface area contributed by atoms with Crippen molar-refractivity contribution in [2.75, 3.05) is 19.7 Å². The largest absolute Gasteiger partial charge is 0.449 e. The molecule has 11 heteroatoms. The molecule has 1 aromatic carbocycles. The van der Waals surface area contributed by atoms with Crippen LogP contribution in [0.15, 0.2) is 18.2 Å². The number of nitrogens with one attached hydrogen (secondary N) is 1. The van der Waals surface area contributed by atoms with Crippen molar-refractivity contribution in [3.63, 3.8) is 0 Å². The van der Waals surface area contributed by atoms with Crippen LogP contribution < -0.4 is 5.32 Å². The van der Waals surface area contributed by atoms with E-state index in [-0.39, 0.29) is 24.2 Å². The molecule has 2 unspecified atom stereocenters. The number of carbonyl (C=O) groups is 2. The molecular weight excluding hydrogens is 418 g/mol. The number of likely N-dealkylation sites (tertiary alicyclic amines) is 1. The molecule has 2 atom stereocenters. The van der Waals surface area contributed by atoms with E-state index in [2.05, 4.69) is 5.32 Å². The summed E-state index contributed by atoms with van der Waals surface area (Å²) in [7, 11) is 0. The van der Waals surface area contributed by atoms with Gasteiger partial charge in [0.1, 0.15) is 0 Å². The lowest BCUT2D eigenvalue weighted by molar-refractivity contribution is -0.143. The Morgan fingerprint density at radius 1 is 1.00 bits per heavy atom. The third kappa shape index (κ3) is 5.57. The summed E-state index contributed by atoms with van der Waals surface area (Å²) in [6, 6.07) is 1.20. The Balaban J connectivity index is 1.53. The van der Waals surface area contributed by atoms with Gasteiger partial charge < -0.3 is 15.0 Å². The van der Waals surface area contributed by atoms with Crippen molar-refractivity contribution in [2.45, 2.75) is 38.2 Å². The minimum atomic E-state index is -4.94. The van der Waals surface area contributed by atoms with Gasteiger partial charge in [0.05, 0.1) is 17.7 Å². The fourth-order valence-electron chi connectivity index (χ4n) is 3.36. The first-order valence-electron chi connectivity index (χ1n) is 9.43. The molecule has 1 N–H and O–H groups in total. The Bertz CT molecular complexity index is 770. The Hall–Kier alpha value is -2.46. The molecule has 2 aliphatic rings. The van der Waals surface area contributed by atoms with E-state index in [1.807, 2.05) is 0 Å². The molecule has 1 heterocycles. The summed E-state index contributed by atoms with van der Waals surface area (Å²) in [5.74, 6) is -1.18. The lowest BCUT2D eigenvalue weighted by atomic mass is 10.0. The second-order valence-corrected chi connectivity index (χ2v) is 7.51. The first-order chi connectivity index (χ1) is 13.9. The van der Waals surface area contributed by atoms with Gasteiger partial charge in [-0.3, -0.25) is 4.79 Å². The zero-order valence-electron chi connectivity index (χ0n) is 15.8. The lowest BCUT2D eigenvalue weighted by Crippen LogP contribution is -2.29. The molecule has 0 spiro atoms. The summed E-state index contributed by atoms with van der Waals surface area (Å²) in [5.41, 5.74) is -3.16. The predicted molar refractivity (Wildman–Crippen MR) is 92.0 cm³/mol. The van der Waals surface area contributed by atoms with E-state index < -0.39 is 47.9 Å². The van der Waals surface area contributed by atoms with Crippen LogP contribution in [-0.4, -0.2) is 36.6 Å². The van der Waals surface area contributed by atoms with Crippen molar-refractivity contribution in [1.29, 1.82) is 0 Å². The highest BCUT2D eigenvalue weighted by Crippen LogP contribution is 2.39. The third-order valence-corrected chi connectivity index (χ3v) is 5.16. The van der Waals surface area contributed by atoms with Gasteiger partial charge in [-0.25, -0.2) is 4.79 Å². The number of hydrogen-bond acceptors (Lipinski definition) is 3. The van der Waals surface area contributed by atoms with Gasteiger partial charge in [-0.05, 0) is 43.0 Å². The molecule has 1 aromatic rings. The first-order valence-corrected chi connectivity index (χ1v) is 9.43. The van der Waals surface area contributed by atoms with Crippen LogP contribution in [0.2, 0.25) is 0 Å². The van der Waals surface area contributed by atoms with Crippen LogP contribution >= 0.6 is 0 Å². The topological polar surface area (TPSA) is 58.6 Å². The SMILES string of the molecule is O=C(NCc1cc(C(F)(F)F)cc(C(F)(F)F)c1)C1CC1COC(=O)N1CCCC1. The molecule has 1 saturated heterocycles. The summed E-state index contributed by atoms with van der Waals surface area (Å²) in [5, 5.41) is 2.37. The van der Waals surface area contributed by atoms with Crippen molar-refractivity contribution in [2.24, 2.45) is 11.8 Å². The highest BCUT2D eigenvalue weighted by molar-refractivity contribution is 5.81. The Morgan fingerprint density at radius 3 is 2.10 bits per heavy atom. The molecule has 2 amide bonds. The summed E-state index contributed by atoms with van der Waals surface area (Å²) >= 11 is 0. The van der Waals surface area contributed by atoms with Crippen LogP contribution in [-0.2, 0) is 28.4 Å². The van der Waals surface area contributed by atoms with Crippen molar-refractivity contribution in [1.82, 2.24) is 10.2 Å². The van der Waals surface area contributed by atoms with Crippen LogP contribution in [0.4, 0.5) is 31.1 Å². The van der Waals surface area contributed by atoms with Crippen LogP contribution in [0.25, 0.3) is 0 Å². The van der Waals surface area contributed by atoms with Crippen LogP contribution in [0.1, 0.15) is 36.0 Å². The first kappa shape index (κ1) is 22.2. The maximum absolute atomic E-state index is 12.9. The van der Waals surface area contributed by atoms with Crippen molar-refractivity contribution < 1.29 is 40.7 Å². The van der Waals surface area contributed by atoms with Crippen molar-refractivity contribution in [3.8, 4) is 0 Å². The molecule has 0 aromatic heterocycles. The van der Waals surface area contributed by atoms with Gasteiger partial charge >= 0.3 is 18.4 Å². The van der Waals surface area contributed by atoms with Gasteiger partial charge in [-0.1, -0.05) is 0 Å². The molecule has 2 fully saturated rings. The Kier molecular flexibility index (Phi) is 6.19. The molecule has 1 aliphatic heterocycles. The molecule has 3 rings (SSSR count). The zero-order valence-corrected chi connectivity index (χ0v) is 15.8. The van der Waals surface area contributed by atoms with E-state index in [9.17, 15) is 35.9 Å². The fraction of sp³-hybridized carbons (Fsp3) is 0.579. The number of halogens is 6. The average molecular weight is 438 g/mol. The summed E-state index contributed by atoms with van der Waals surface area (Å²) in [6.07, 6.45) is -8.07. The predicted octanol–water partition coefficient (Wildman–Crippen LogP) is 4.21. The van der Waals surface area contributed by atoms with Crippen LogP contribution in [0.5, 0.6) is 0 Å². The van der Waals surface area contributed by atoms with E-state index in [1.54, 1.807) is 4.90 Å². The lowest BCUT2D eigenvalue weighted by Gasteiger charge is -2.15. The van der Waals surface area contributed by atoms with Gasteiger partial charge in [0.25, 0.3) is 0 Å². The molecule has 5 nitrogen and oxygen atoms in total. The van der Waals surface area contributed by atoms with E-state index in [1.165, 1.54) is 0 Å². The smallest absolute Gasteiger partial charge is 0.416 e. The van der Waals surface area contributed by atoms with Crippen LogP contribution in [0, 0.1) is 11.8 Å². The highest BCUT2D eigenvalue weighted by Gasteiger charge is 2.44. The van der Waals surface area contributed by atoms with Crippen LogP contribution in [0.3, 0.4) is 0 Å².